The first kappa shape index (κ1) is 15.5. The molecule has 0 aliphatic carbocycles. The van der Waals surface area contributed by atoms with Gasteiger partial charge in [-0.2, -0.15) is 0 Å². The van der Waals surface area contributed by atoms with Crippen LogP contribution in [0.5, 0.6) is 0 Å². The van der Waals surface area contributed by atoms with Crippen LogP contribution < -0.4 is 10.6 Å². The Labute approximate surface area is 137 Å². The minimum atomic E-state index is -0.412. The summed E-state index contributed by atoms with van der Waals surface area (Å²) in [5, 5.41) is 5.11. The number of hydrogen-bond donors (Lipinski definition) is 2. The molecule has 2 N–H and O–H groups in total. The summed E-state index contributed by atoms with van der Waals surface area (Å²) in [6, 6.07) is 10.8. The van der Waals surface area contributed by atoms with E-state index in [1.165, 1.54) is 18.4 Å². The third-order valence-electron chi connectivity index (χ3n) is 3.15. The lowest BCUT2D eigenvalue weighted by Crippen LogP contribution is -2.35. The average molecular weight is 325 g/mol. The molecule has 0 saturated carbocycles. The molecular formula is C17H15N3O4. The van der Waals surface area contributed by atoms with Gasteiger partial charge in [0.15, 0.2) is 5.58 Å². The normalized spacial score (nSPS) is 11.0. The van der Waals surface area contributed by atoms with Gasteiger partial charge in [-0.05, 0) is 24.3 Å². The summed E-state index contributed by atoms with van der Waals surface area (Å²) in [7, 11) is 0. The van der Waals surface area contributed by atoms with Crippen LogP contribution in [0, 0.1) is 0 Å². The molecule has 24 heavy (non-hydrogen) atoms. The molecule has 0 aliphatic heterocycles. The fourth-order valence-electron chi connectivity index (χ4n) is 2.00. The number of aromatic nitrogens is 1. The number of carbonyl (C=O) groups excluding carboxylic acids is 2. The second-order valence-electron chi connectivity index (χ2n) is 4.93. The van der Waals surface area contributed by atoms with Crippen LogP contribution in [0.4, 0.5) is 0 Å². The summed E-state index contributed by atoms with van der Waals surface area (Å²) >= 11 is 0. The number of furan rings is 1. The molecule has 3 rings (SSSR count). The topological polar surface area (TPSA) is 97.4 Å². The Bertz CT molecular complexity index is 832. The first-order valence-electron chi connectivity index (χ1n) is 7.31. The van der Waals surface area contributed by atoms with E-state index in [2.05, 4.69) is 15.6 Å². The summed E-state index contributed by atoms with van der Waals surface area (Å²) in [5.74, 6) is 0.250. The average Bonchev–Trinajstić information content (AvgIpc) is 3.25. The maximum Gasteiger partial charge on any atom is 0.244 e. The van der Waals surface area contributed by atoms with E-state index in [1.54, 1.807) is 18.2 Å². The number of fused-ring (bicyclic) bond motifs is 1. The van der Waals surface area contributed by atoms with Crippen LogP contribution in [0.15, 0.2) is 57.6 Å². The summed E-state index contributed by atoms with van der Waals surface area (Å²) in [5.41, 5.74) is 1.37. The maximum atomic E-state index is 11.7. The van der Waals surface area contributed by atoms with Gasteiger partial charge < -0.3 is 19.5 Å². The molecule has 0 bridgehead atoms. The smallest absolute Gasteiger partial charge is 0.244 e. The van der Waals surface area contributed by atoms with Gasteiger partial charge in [-0.1, -0.05) is 12.1 Å². The second kappa shape index (κ2) is 7.28. The van der Waals surface area contributed by atoms with Crippen molar-refractivity contribution in [3.05, 3.63) is 60.4 Å². The summed E-state index contributed by atoms with van der Waals surface area (Å²) < 4.78 is 10.5. The number of benzene rings is 1. The van der Waals surface area contributed by atoms with Gasteiger partial charge in [0.1, 0.15) is 11.3 Å². The van der Waals surface area contributed by atoms with Crippen molar-refractivity contribution in [2.45, 2.75) is 6.54 Å². The summed E-state index contributed by atoms with van der Waals surface area (Å²) in [6.45, 7) is 0.151. The number of nitrogens with one attached hydrogen (secondary N) is 2. The third-order valence-corrected chi connectivity index (χ3v) is 3.15. The molecule has 122 valence electrons. The Morgan fingerprint density at radius 3 is 2.79 bits per heavy atom. The highest BCUT2D eigenvalue weighted by atomic mass is 16.3. The van der Waals surface area contributed by atoms with Crippen LogP contribution in [-0.2, 0) is 16.1 Å². The number of para-hydroxylation sites is 2. The van der Waals surface area contributed by atoms with Crippen molar-refractivity contribution in [3.63, 3.8) is 0 Å². The Kier molecular flexibility index (Phi) is 4.71. The van der Waals surface area contributed by atoms with E-state index in [-0.39, 0.29) is 19.0 Å². The van der Waals surface area contributed by atoms with E-state index in [4.69, 9.17) is 8.83 Å². The molecule has 0 spiro atoms. The van der Waals surface area contributed by atoms with E-state index in [9.17, 15) is 9.59 Å². The molecule has 2 aromatic heterocycles. The van der Waals surface area contributed by atoms with Gasteiger partial charge in [-0.15, -0.1) is 0 Å². The number of rotatable bonds is 6. The van der Waals surface area contributed by atoms with Gasteiger partial charge in [0.05, 0.1) is 19.4 Å². The van der Waals surface area contributed by atoms with Crippen LogP contribution >= 0.6 is 0 Å². The fourth-order valence-corrected chi connectivity index (χ4v) is 2.00. The van der Waals surface area contributed by atoms with Gasteiger partial charge >= 0.3 is 0 Å². The van der Waals surface area contributed by atoms with Crippen molar-refractivity contribution in [2.24, 2.45) is 0 Å². The Hall–Kier alpha value is -3.35. The van der Waals surface area contributed by atoms with E-state index >= 15 is 0 Å². The highest BCUT2D eigenvalue weighted by Gasteiger charge is 2.05. The van der Waals surface area contributed by atoms with Crippen LogP contribution in [-0.4, -0.2) is 23.3 Å². The predicted octanol–water partition coefficient (Wildman–Crippen LogP) is 1.87. The van der Waals surface area contributed by atoms with Crippen molar-refractivity contribution in [1.82, 2.24) is 15.6 Å². The van der Waals surface area contributed by atoms with Crippen molar-refractivity contribution >= 4 is 29.0 Å². The number of hydrogen-bond acceptors (Lipinski definition) is 5. The Morgan fingerprint density at radius 1 is 1.12 bits per heavy atom. The summed E-state index contributed by atoms with van der Waals surface area (Å²) in [4.78, 5) is 27.5. The lowest BCUT2D eigenvalue weighted by molar-refractivity contribution is -0.124. The molecule has 0 fully saturated rings. The van der Waals surface area contributed by atoms with Crippen molar-refractivity contribution in [1.29, 1.82) is 0 Å². The molecule has 0 radical (unpaired) electrons. The van der Waals surface area contributed by atoms with Gasteiger partial charge in [-0.3, -0.25) is 9.59 Å². The van der Waals surface area contributed by atoms with Crippen LogP contribution in [0.2, 0.25) is 0 Å². The lowest BCUT2D eigenvalue weighted by Gasteiger charge is -2.03. The predicted molar refractivity (Wildman–Crippen MR) is 86.6 cm³/mol. The van der Waals surface area contributed by atoms with Gasteiger partial charge in [0.25, 0.3) is 0 Å². The highest BCUT2D eigenvalue weighted by molar-refractivity contribution is 5.94. The van der Waals surface area contributed by atoms with Crippen molar-refractivity contribution < 1.29 is 18.4 Å². The molecule has 7 nitrogen and oxygen atoms in total. The van der Waals surface area contributed by atoms with E-state index in [0.29, 0.717) is 17.2 Å². The molecule has 0 atom stereocenters. The zero-order chi connectivity index (χ0) is 16.8. The third kappa shape index (κ3) is 4.10. The molecule has 3 aromatic rings. The zero-order valence-corrected chi connectivity index (χ0v) is 12.7. The monoisotopic (exact) mass is 325 g/mol. The van der Waals surface area contributed by atoms with Crippen LogP contribution in [0.25, 0.3) is 17.2 Å². The molecule has 0 aliphatic rings. The number of oxazole rings is 1. The molecule has 2 amide bonds. The first-order chi connectivity index (χ1) is 11.7. The zero-order valence-electron chi connectivity index (χ0n) is 12.7. The van der Waals surface area contributed by atoms with Gasteiger partial charge in [0.2, 0.25) is 17.7 Å². The first-order valence-corrected chi connectivity index (χ1v) is 7.31. The number of carbonyl (C=O) groups is 2. The maximum absolute atomic E-state index is 11.7. The number of amides is 2. The van der Waals surface area contributed by atoms with Crippen molar-refractivity contribution in [2.75, 3.05) is 6.54 Å². The van der Waals surface area contributed by atoms with Gasteiger partial charge in [-0.25, -0.2) is 4.98 Å². The quantitative estimate of drug-likeness (QED) is 0.674. The standard InChI is InChI=1S/C17H15N3O4/c21-15(19-11-16(22)18-10-12-4-3-9-23-12)7-8-17-20-13-5-1-2-6-14(13)24-17/h1-9H,10-11H2,(H,18,22)(H,19,21)/b8-7+. The Balaban J connectivity index is 1.45. The summed E-state index contributed by atoms with van der Waals surface area (Å²) in [6.07, 6.45) is 4.25. The van der Waals surface area contributed by atoms with Crippen molar-refractivity contribution in [3.8, 4) is 0 Å². The lowest BCUT2D eigenvalue weighted by atomic mass is 10.3. The van der Waals surface area contributed by atoms with Gasteiger partial charge in [0, 0.05) is 12.2 Å². The fraction of sp³-hybridized carbons (Fsp3) is 0.118. The van der Waals surface area contributed by atoms with E-state index < -0.39 is 5.91 Å². The SMILES string of the molecule is O=C(/C=C/c1nc2ccccc2o1)NCC(=O)NCc1ccco1. The van der Waals surface area contributed by atoms with Crippen LogP contribution in [0.3, 0.4) is 0 Å². The molecule has 0 saturated heterocycles. The van der Waals surface area contributed by atoms with Crippen LogP contribution in [0.1, 0.15) is 11.7 Å². The molecule has 1 aromatic carbocycles. The Morgan fingerprint density at radius 2 is 2.00 bits per heavy atom. The second-order valence-corrected chi connectivity index (χ2v) is 4.93. The molecule has 2 heterocycles. The van der Waals surface area contributed by atoms with E-state index in [0.717, 1.165) is 5.52 Å². The van der Waals surface area contributed by atoms with E-state index in [1.807, 2.05) is 18.2 Å². The molecular weight excluding hydrogens is 310 g/mol. The molecule has 7 heteroatoms. The molecule has 0 unspecified atom stereocenters. The highest BCUT2D eigenvalue weighted by Crippen LogP contribution is 2.15. The minimum Gasteiger partial charge on any atom is -0.467 e. The minimum absolute atomic E-state index is 0.128. The number of nitrogens with zero attached hydrogens (tertiary/aromatic N) is 1. The largest absolute Gasteiger partial charge is 0.467 e.